The van der Waals surface area contributed by atoms with Crippen molar-refractivity contribution < 1.29 is 13.2 Å². The Morgan fingerprint density at radius 2 is 2.13 bits per heavy atom. The lowest BCUT2D eigenvalue weighted by Gasteiger charge is -2.11. The van der Waals surface area contributed by atoms with E-state index in [0.717, 1.165) is 18.4 Å². The Labute approximate surface area is 141 Å². The van der Waals surface area contributed by atoms with Gasteiger partial charge in [-0.1, -0.05) is 31.0 Å². The molecule has 5 nitrogen and oxygen atoms in total. The predicted octanol–water partition coefficient (Wildman–Crippen LogP) is 3.39. The number of nitrogens with zero attached hydrogens (tertiary/aromatic N) is 1. The third-order valence-electron chi connectivity index (χ3n) is 3.16. The molecule has 0 unspecified atom stereocenters. The Hall–Kier alpha value is -1.63. The van der Waals surface area contributed by atoms with Crippen LogP contribution in [0.1, 0.15) is 25.3 Å². The maximum absolute atomic E-state index is 12.4. The van der Waals surface area contributed by atoms with E-state index in [1.807, 2.05) is 6.92 Å². The summed E-state index contributed by atoms with van der Waals surface area (Å²) < 4.78 is 32.8. The summed E-state index contributed by atoms with van der Waals surface area (Å²) in [6.07, 6.45) is 5.12. The monoisotopic (exact) mass is 354 g/mol. The zero-order valence-electron chi connectivity index (χ0n) is 12.8. The van der Waals surface area contributed by atoms with Gasteiger partial charge in [0.1, 0.15) is 5.75 Å². The standard InChI is InChI=1S/C16H19ClN2O3S/c1-2-3-9-22-16-10-14(6-7-15(16)17)23(20,21)19-12-13-5-4-8-18-11-13/h4-8,10-11,19H,2-3,9,12H2,1H3. The van der Waals surface area contributed by atoms with E-state index in [-0.39, 0.29) is 11.4 Å². The number of nitrogens with one attached hydrogen (secondary N) is 1. The summed E-state index contributed by atoms with van der Waals surface area (Å²) in [5.41, 5.74) is 0.782. The lowest BCUT2D eigenvalue weighted by Crippen LogP contribution is -2.23. The van der Waals surface area contributed by atoms with Crippen molar-refractivity contribution >= 4 is 21.6 Å². The molecule has 1 aromatic carbocycles. The van der Waals surface area contributed by atoms with Gasteiger partial charge in [0.2, 0.25) is 10.0 Å². The van der Waals surface area contributed by atoms with Gasteiger partial charge in [0, 0.05) is 25.0 Å². The first-order valence-corrected chi connectivity index (χ1v) is 9.20. The molecule has 0 saturated carbocycles. The Morgan fingerprint density at radius 1 is 1.30 bits per heavy atom. The largest absolute Gasteiger partial charge is 0.492 e. The molecule has 1 heterocycles. The quantitative estimate of drug-likeness (QED) is 0.738. The van der Waals surface area contributed by atoms with E-state index < -0.39 is 10.0 Å². The van der Waals surface area contributed by atoms with Crippen molar-refractivity contribution in [3.05, 3.63) is 53.3 Å². The maximum Gasteiger partial charge on any atom is 0.241 e. The minimum atomic E-state index is -3.64. The van der Waals surface area contributed by atoms with Crippen LogP contribution in [0.2, 0.25) is 5.02 Å². The number of unbranched alkanes of at least 4 members (excludes halogenated alkanes) is 1. The molecular weight excluding hydrogens is 336 g/mol. The molecule has 0 amide bonds. The van der Waals surface area contributed by atoms with E-state index in [9.17, 15) is 8.42 Å². The van der Waals surface area contributed by atoms with Gasteiger partial charge in [-0.15, -0.1) is 0 Å². The number of benzene rings is 1. The molecule has 1 N–H and O–H groups in total. The Kier molecular flexibility index (Phi) is 6.38. The first-order chi connectivity index (χ1) is 11.0. The van der Waals surface area contributed by atoms with Gasteiger partial charge in [0.25, 0.3) is 0 Å². The number of pyridine rings is 1. The molecule has 124 valence electrons. The molecule has 1 aromatic heterocycles. The molecule has 23 heavy (non-hydrogen) atoms. The number of aromatic nitrogens is 1. The van der Waals surface area contributed by atoms with E-state index >= 15 is 0 Å². The minimum absolute atomic E-state index is 0.122. The van der Waals surface area contributed by atoms with Crippen molar-refractivity contribution in [2.45, 2.75) is 31.2 Å². The van der Waals surface area contributed by atoms with Gasteiger partial charge in [0.05, 0.1) is 16.5 Å². The number of ether oxygens (including phenoxy) is 1. The predicted molar refractivity (Wildman–Crippen MR) is 90.1 cm³/mol. The fourth-order valence-corrected chi connectivity index (χ4v) is 3.06. The molecule has 0 aliphatic rings. The molecule has 0 spiro atoms. The molecule has 0 radical (unpaired) electrons. The second-order valence-electron chi connectivity index (χ2n) is 4.98. The average molecular weight is 355 g/mol. The maximum atomic E-state index is 12.4. The van der Waals surface area contributed by atoms with Crippen LogP contribution < -0.4 is 9.46 Å². The SMILES string of the molecule is CCCCOc1cc(S(=O)(=O)NCc2cccnc2)ccc1Cl. The van der Waals surface area contributed by atoms with Gasteiger partial charge >= 0.3 is 0 Å². The number of sulfonamides is 1. The topological polar surface area (TPSA) is 68.3 Å². The van der Waals surface area contributed by atoms with Crippen LogP contribution in [0.4, 0.5) is 0 Å². The Morgan fingerprint density at radius 3 is 2.83 bits per heavy atom. The van der Waals surface area contributed by atoms with E-state index in [0.29, 0.717) is 17.4 Å². The molecule has 0 atom stereocenters. The summed E-state index contributed by atoms with van der Waals surface area (Å²) in [4.78, 5) is 4.08. The van der Waals surface area contributed by atoms with Crippen molar-refractivity contribution in [1.82, 2.24) is 9.71 Å². The van der Waals surface area contributed by atoms with Crippen LogP contribution in [0.25, 0.3) is 0 Å². The van der Waals surface area contributed by atoms with E-state index in [4.69, 9.17) is 16.3 Å². The second kappa shape index (κ2) is 8.29. The summed E-state index contributed by atoms with van der Waals surface area (Å²) in [6.45, 7) is 2.72. The number of halogens is 1. The fourth-order valence-electron chi connectivity index (χ4n) is 1.85. The number of hydrogen-bond acceptors (Lipinski definition) is 4. The number of hydrogen-bond donors (Lipinski definition) is 1. The van der Waals surface area contributed by atoms with Crippen molar-refractivity contribution in [2.75, 3.05) is 6.61 Å². The zero-order chi connectivity index (χ0) is 16.7. The first kappa shape index (κ1) is 17.7. The van der Waals surface area contributed by atoms with Crippen LogP contribution in [0.5, 0.6) is 5.75 Å². The van der Waals surface area contributed by atoms with Gasteiger partial charge in [-0.25, -0.2) is 13.1 Å². The van der Waals surface area contributed by atoms with Crippen LogP contribution >= 0.6 is 11.6 Å². The molecule has 0 aliphatic heterocycles. The second-order valence-corrected chi connectivity index (χ2v) is 7.15. The van der Waals surface area contributed by atoms with Crippen LogP contribution in [-0.2, 0) is 16.6 Å². The zero-order valence-corrected chi connectivity index (χ0v) is 14.4. The third kappa shape index (κ3) is 5.20. The van der Waals surface area contributed by atoms with Crippen molar-refractivity contribution in [3.8, 4) is 5.75 Å². The molecule has 7 heteroatoms. The number of rotatable bonds is 8. The Balaban J connectivity index is 2.11. The highest BCUT2D eigenvalue weighted by molar-refractivity contribution is 7.89. The smallest absolute Gasteiger partial charge is 0.241 e. The van der Waals surface area contributed by atoms with Gasteiger partial charge in [-0.2, -0.15) is 0 Å². The lowest BCUT2D eigenvalue weighted by molar-refractivity contribution is 0.309. The van der Waals surface area contributed by atoms with Crippen molar-refractivity contribution in [3.63, 3.8) is 0 Å². The fraction of sp³-hybridized carbons (Fsp3) is 0.312. The molecule has 2 aromatic rings. The summed E-state index contributed by atoms with van der Waals surface area (Å²) in [6, 6.07) is 7.99. The van der Waals surface area contributed by atoms with Gasteiger partial charge in [-0.3, -0.25) is 4.98 Å². The van der Waals surface area contributed by atoms with E-state index in [1.165, 1.54) is 18.2 Å². The molecule has 0 bridgehead atoms. The van der Waals surface area contributed by atoms with Crippen molar-refractivity contribution in [1.29, 1.82) is 0 Å². The van der Waals surface area contributed by atoms with Crippen molar-refractivity contribution in [2.24, 2.45) is 0 Å². The normalized spacial score (nSPS) is 11.4. The highest BCUT2D eigenvalue weighted by atomic mass is 35.5. The van der Waals surface area contributed by atoms with Crippen LogP contribution in [0.3, 0.4) is 0 Å². The van der Waals surface area contributed by atoms with Crippen LogP contribution in [0.15, 0.2) is 47.6 Å². The first-order valence-electron chi connectivity index (χ1n) is 7.34. The summed E-state index contributed by atoms with van der Waals surface area (Å²) >= 11 is 6.05. The van der Waals surface area contributed by atoms with Gasteiger partial charge in [0.15, 0.2) is 0 Å². The molecule has 0 aliphatic carbocycles. The Bertz CT molecular complexity index is 736. The highest BCUT2D eigenvalue weighted by Crippen LogP contribution is 2.27. The van der Waals surface area contributed by atoms with Gasteiger partial charge < -0.3 is 4.74 Å². The molecular formula is C16H19ClN2O3S. The molecule has 0 saturated heterocycles. The minimum Gasteiger partial charge on any atom is -0.492 e. The highest BCUT2D eigenvalue weighted by Gasteiger charge is 2.16. The summed E-state index contributed by atoms with van der Waals surface area (Å²) in [5.74, 6) is 0.379. The van der Waals surface area contributed by atoms with E-state index in [2.05, 4.69) is 9.71 Å². The average Bonchev–Trinajstić information content (AvgIpc) is 2.56. The lowest BCUT2D eigenvalue weighted by atomic mass is 10.3. The van der Waals surface area contributed by atoms with Crippen LogP contribution in [0, 0.1) is 0 Å². The van der Waals surface area contributed by atoms with E-state index in [1.54, 1.807) is 24.5 Å². The third-order valence-corrected chi connectivity index (χ3v) is 4.87. The molecule has 2 rings (SSSR count). The summed E-state index contributed by atoms with van der Waals surface area (Å²) in [5, 5.41) is 0.396. The summed E-state index contributed by atoms with van der Waals surface area (Å²) in [7, 11) is -3.64. The van der Waals surface area contributed by atoms with Crippen LogP contribution in [-0.4, -0.2) is 20.0 Å². The van der Waals surface area contributed by atoms with Gasteiger partial charge in [-0.05, 0) is 30.2 Å². The molecule has 0 fully saturated rings.